The molecule has 0 aliphatic carbocycles. The third-order valence-corrected chi connectivity index (χ3v) is 4.31. The van der Waals surface area contributed by atoms with Crippen molar-refractivity contribution in [1.29, 1.82) is 5.26 Å². The minimum atomic E-state index is 0.636. The molecule has 0 atom stereocenters. The monoisotopic (exact) mass is 316 g/mol. The van der Waals surface area contributed by atoms with Gasteiger partial charge in [-0.25, -0.2) is 9.97 Å². The predicted octanol–water partition coefficient (Wildman–Crippen LogP) is 4.08. The molecule has 4 aromatic rings. The van der Waals surface area contributed by atoms with Crippen LogP contribution >= 0.6 is 11.3 Å². The Hall–Kier alpha value is -2.97. The van der Waals surface area contributed by atoms with Gasteiger partial charge in [0, 0.05) is 11.9 Å². The van der Waals surface area contributed by atoms with Crippen molar-refractivity contribution in [3.8, 4) is 17.6 Å². The number of rotatable bonds is 3. The number of nitriles is 1. The van der Waals surface area contributed by atoms with Gasteiger partial charge < -0.3 is 4.57 Å². The van der Waals surface area contributed by atoms with Gasteiger partial charge in [0.05, 0.1) is 28.2 Å². The van der Waals surface area contributed by atoms with Crippen molar-refractivity contribution in [1.82, 2.24) is 14.5 Å². The van der Waals surface area contributed by atoms with Gasteiger partial charge >= 0.3 is 0 Å². The number of hydrogen-bond acceptors (Lipinski definition) is 4. The second-order valence-electron chi connectivity index (χ2n) is 5.20. The van der Waals surface area contributed by atoms with Crippen LogP contribution in [0.4, 0.5) is 0 Å². The molecule has 0 amide bonds. The van der Waals surface area contributed by atoms with Crippen molar-refractivity contribution in [2.24, 2.45) is 0 Å². The molecule has 0 saturated carbocycles. The van der Waals surface area contributed by atoms with E-state index in [9.17, 15) is 5.26 Å². The summed E-state index contributed by atoms with van der Waals surface area (Å²) in [7, 11) is 0. The van der Waals surface area contributed by atoms with Gasteiger partial charge in [0.2, 0.25) is 0 Å². The van der Waals surface area contributed by atoms with Crippen LogP contribution in [0.15, 0.2) is 59.4 Å². The lowest BCUT2D eigenvalue weighted by Crippen LogP contribution is -2.02. The number of benzene rings is 2. The Morgan fingerprint density at radius 3 is 2.74 bits per heavy atom. The van der Waals surface area contributed by atoms with Gasteiger partial charge in [-0.1, -0.05) is 30.3 Å². The van der Waals surface area contributed by atoms with Crippen LogP contribution in [0.5, 0.6) is 0 Å². The number of thiazole rings is 1. The molecule has 0 aliphatic rings. The Balaban J connectivity index is 1.94. The molecule has 23 heavy (non-hydrogen) atoms. The number of nitrogens with zero attached hydrogens (tertiary/aromatic N) is 4. The zero-order valence-electron chi connectivity index (χ0n) is 12.2. The van der Waals surface area contributed by atoms with E-state index in [2.05, 4.69) is 27.8 Å². The fourth-order valence-corrected chi connectivity index (χ4v) is 3.17. The lowest BCUT2D eigenvalue weighted by Gasteiger charge is -2.08. The Bertz CT molecular complexity index is 995. The number of hydrogen-bond donors (Lipinski definition) is 0. The Morgan fingerprint density at radius 2 is 2.00 bits per heavy atom. The molecule has 0 fully saturated rings. The minimum absolute atomic E-state index is 0.636. The highest BCUT2D eigenvalue weighted by Gasteiger charge is 2.15. The summed E-state index contributed by atoms with van der Waals surface area (Å²) < 4.78 is 2.13. The molecule has 0 unspecified atom stereocenters. The van der Waals surface area contributed by atoms with Crippen molar-refractivity contribution in [3.05, 3.63) is 70.5 Å². The quantitative estimate of drug-likeness (QED) is 0.572. The van der Waals surface area contributed by atoms with E-state index in [4.69, 9.17) is 4.98 Å². The average molecular weight is 316 g/mol. The van der Waals surface area contributed by atoms with Crippen LogP contribution in [0.2, 0.25) is 0 Å². The highest BCUT2D eigenvalue weighted by molar-refractivity contribution is 7.07. The second kappa shape index (κ2) is 5.67. The lowest BCUT2D eigenvalue weighted by atomic mass is 10.2. The van der Waals surface area contributed by atoms with Crippen molar-refractivity contribution >= 4 is 22.4 Å². The number of aromatic nitrogens is 3. The summed E-state index contributed by atoms with van der Waals surface area (Å²) in [6.07, 6.45) is 0. The summed E-state index contributed by atoms with van der Waals surface area (Å²) in [5, 5.41) is 11.2. The normalized spacial score (nSPS) is 10.7. The highest BCUT2D eigenvalue weighted by Crippen LogP contribution is 2.26. The standard InChI is InChI=1S/C18H12N4S/c19-9-14-6-7-15-17(8-14)22(10-13-4-2-1-3-5-13)18(21-15)16-11-23-12-20-16/h1-8,11-12H,10H2. The first-order chi connectivity index (χ1) is 11.3. The molecule has 0 radical (unpaired) electrons. The molecule has 0 spiro atoms. The van der Waals surface area contributed by atoms with Gasteiger partial charge in [0.1, 0.15) is 5.69 Å². The summed E-state index contributed by atoms with van der Waals surface area (Å²) in [5.74, 6) is 0.834. The summed E-state index contributed by atoms with van der Waals surface area (Å²) in [6, 6.07) is 18.0. The van der Waals surface area contributed by atoms with E-state index in [-0.39, 0.29) is 0 Å². The van der Waals surface area contributed by atoms with Crippen molar-refractivity contribution in [2.75, 3.05) is 0 Å². The molecule has 0 bridgehead atoms. The number of fused-ring (bicyclic) bond motifs is 1. The van der Waals surface area contributed by atoms with E-state index in [1.54, 1.807) is 17.4 Å². The summed E-state index contributed by atoms with van der Waals surface area (Å²) in [4.78, 5) is 9.12. The van der Waals surface area contributed by atoms with Crippen LogP contribution in [-0.2, 0) is 6.54 Å². The molecule has 2 aromatic carbocycles. The first-order valence-corrected chi connectivity index (χ1v) is 8.12. The minimum Gasteiger partial charge on any atom is -0.318 e. The predicted molar refractivity (Wildman–Crippen MR) is 91.1 cm³/mol. The average Bonchev–Trinajstić information content (AvgIpc) is 3.23. The SMILES string of the molecule is N#Cc1ccc2nc(-c3cscn3)n(Cc3ccccc3)c2c1. The van der Waals surface area contributed by atoms with Gasteiger partial charge in [-0.3, -0.25) is 0 Å². The fraction of sp³-hybridized carbons (Fsp3) is 0.0556. The molecule has 4 nitrogen and oxygen atoms in total. The van der Waals surface area contributed by atoms with E-state index in [1.807, 2.05) is 41.2 Å². The number of imidazole rings is 1. The van der Waals surface area contributed by atoms with Crippen LogP contribution in [0.3, 0.4) is 0 Å². The molecule has 0 N–H and O–H groups in total. The Morgan fingerprint density at radius 1 is 1.13 bits per heavy atom. The first-order valence-electron chi connectivity index (χ1n) is 7.18. The lowest BCUT2D eigenvalue weighted by molar-refractivity contribution is 0.831. The van der Waals surface area contributed by atoms with Crippen molar-refractivity contribution < 1.29 is 0 Å². The van der Waals surface area contributed by atoms with Crippen LogP contribution in [0, 0.1) is 11.3 Å². The molecule has 2 aromatic heterocycles. The molecule has 4 rings (SSSR count). The summed E-state index contributed by atoms with van der Waals surface area (Å²) >= 11 is 1.55. The molecule has 110 valence electrons. The third kappa shape index (κ3) is 2.50. The smallest absolute Gasteiger partial charge is 0.160 e. The van der Waals surface area contributed by atoms with Gasteiger partial charge in [0.15, 0.2) is 5.82 Å². The Labute approximate surface area is 137 Å². The second-order valence-corrected chi connectivity index (χ2v) is 5.91. The molecular weight excluding hydrogens is 304 g/mol. The van der Waals surface area contributed by atoms with Gasteiger partial charge in [-0.05, 0) is 23.8 Å². The van der Waals surface area contributed by atoms with Crippen LogP contribution in [0.1, 0.15) is 11.1 Å². The van der Waals surface area contributed by atoms with Crippen LogP contribution in [-0.4, -0.2) is 14.5 Å². The largest absolute Gasteiger partial charge is 0.318 e. The fourth-order valence-electron chi connectivity index (χ4n) is 2.64. The van der Waals surface area contributed by atoms with E-state index in [0.29, 0.717) is 12.1 Å². The third-order valence-electron chi connectivity index (χ3n) is 3.72. The topological polar surface area (TPSA) is 54.5 Å². The molecule has 0 saturated heterocycles. The highest BCUT2D eigenvalue weighted by atomic mass is 32.1. The Kier molecular flexibility index (Phi) is 3.37. The van der Waals surface area contributed by atoms with Gasteiger partial charge in [-0.15, -0.1) is 11.3 Å². The summed E-state index contributed by atoms with van der Waals surface area (Å²) in [5.41, 5.74) is 6.32. The maximum absolute atomic E-state index is 9.18. The van der Waals surface area contributed by atoms with E-state index in [0.717, 1.165) is 22.6 Å². The maximum Gasteiger partial charge on any atom is 0.160 e. The van der Waals surface area contributed by atoms with Crippen LogP contribution < -0.4 is 0 Å². The zero-order valence-corrected chi connectivity index (χ0v) is 13.0. The van der Waals surface area contributed by atoms with Crippen molar-refractivity contribution in [3.63, 3.8) is 0 Å². The van der Waals surface area contributed by atoms with E-state index < -0.39 is 0 Å². The molecule has 2 heterocycles. The molecular formula is C18H12N4S. The van der Waals surface area contributed by atoms with E-state index >= 15 is 0 Å². The summed E-state index contributed by atoms with van der Waals surface area (Å²) in [6.45, 7) is 0.694. The molecule has 0 aliphatic heterocycles. The molecule has 5 heteroatoms. The van der Waals surface area contributed by atoms with Gasteiger partial charge in [-0.2, -0.15) is 5.26 Å². The first kappa shape index (κ1) is 13.7. The van der Waals surface area contributed by atoms with E-state index in [1.165, 1.54) is 5.56 Å². The zero-order chi connectivity index (χ0) is 15.6. The van der Waals surface area contributed by atoms with Crippen LogP contribution in [0.25, 0.3) is 22.6 Å². The van der Waals surface area contributed by atoms with Gasteiger partial charge in [0.25, 0.3) is 0 Å². The van der Waals surface area contributed by atoms with Crippen molar-refractivity contribution in [2.45, 2.75) is 6.54 Å². The maximum atomic E-state index is 9.18.